The molecule has 1 aliphatic heterocycles. The number of amides is 1. The average molecular weight is 524 g/mol. The summed E-state index contributed by atoms with van der Waals surface area (Å²) in [6, 6.07) is 16.2. The lowest BCUT2D eigenvalue weighted by Crippen LogP contribution is -2.41. The van der Waals surface area contributed by atoms with Crippen molar-refractivity contribution in [3.05, 3.63) is 86.9 Å². The van der Waals surface area contributed by atoms with Crippen molar-refractivity contribution in [2.24, 2.45) is 0 Å². The molecule has 34 heavy (non-hydrogen) atoms. The second-order valence-corrected chi connectivity index (χ2v) is 9.44. The van der Waals surface area contributed by atoms with Gasteiger partial charge in [-0.2, -0.15) is 0 Å². The number of Topliss-reactive ketones (excluding diaryl/α,β-unsaturated/α-hetero) is 1. The lowest BCUT2D eigenvalue weighted by atomic mass is 9.87. The van der Waals surface area contributed by atoms with E-state index in [1.807, 2.05) is 38.1 Å². The number of ketones is 1. The van der Waals surface area contributed by atoms with Crippen molar-refractivity contribution in [2.45, 2.75) is 32.4 Å². The van der Waals surface area contributed by atoms with Crippen molar-refractivity contribution in [3.63, 3.8) is 0 Å². The fourth-order valence-corrected chi connectivity index (χ4v) is 4.83. The van der Waals surface area contributed by atoms with Crippen LogP contribution < -0.4 is 14.4 Å². The molecule has 0 bridgehead atoms. The summed E-state index contributed by atoms with van der Waals surface area (Å²) in [6.45, 7) is 4.01. The summed E-state index contributed by atoms with van der Waals surface area (Å²) in [5, 5.41) is 11.7. The Morgan fingerprint density at radius 1 is 1.00 bits per heavy atom. The van der Waals surface area contributed by atoms with Gasteiger partial charge in [-0.15, -0.1) is 0 Å². The monoisotopic (exact) mass is 523 g/mol. The summed E-state index contributed by atoms with van der Waals surface area (Å²) in [5.74, 6) is 0.308. The van der Waals surface area contributed by atoms with E-state index in [9.17, 15) is 14.7 Å². The maximum Gasteiger partial charge on any atom is 0.264 e. The number of fused-ring (bicyclic) bond motifs is 1. The molecular formula is C27H26BrNO5. The van der Waals surface area contributed by atoms with Crippen LogP contribution in [0.1, 0.15) is 39.0 Å². The van der Waals surface area contributed by atoms with Gasteiger partial charge in [0.05, 0.1) is 32.9 Å². The van der Waals surface area contributed by atoms with Gasteiger partial charge >= 0.3 is 0 Å². The SMILES string of the molecule is COc1ccc(CN2C(=O)C(O)(CC(=O)c3ccc(C)cc3C)c3cc(Br)ccc32)cc1OC. The van der Waals surface area contributed by atoms with Crippen LogP contribution in [0.25, 0.3) is 0 Å². The van der Waals surface area contributed by atoms with E-state index in [2.05, 4.69) is 15.9 Å². The number of hydrogen-bond donors (Lipinski definition) is 1. The second kappa shape index (κ2) is 9.24. The largest absolute Gasteiger partial charge is 0.493 e. The zero-order chi connectivity index (χ0) is 24.6. The Morgan fingerprint density at radius 2 is 1.74 bits per heavy atom. The van der Waals surface area contributed by atoms with Gasteiger partial charge in [-0.25, -0.2) is 0 Å². The minimum atomic E-state index is -1.97. The third-order valence-electron chi connectivity index (χ3n) is 6.18. The Hall–Kier alpha value is -3.16. The molecule has 1 atom stereocenters. The number of rotatable bonds is 7. The maximum atomic E-state index is 13.6. The van der Waals surface area contributed by atoms with E-state index in [0.29, 0.717) is 32.8 Å². The lowest BCUT2D eigenvalue weighted by Gasteiger charge is -2.23. The molecule has 1 aliphatic rings. The lowest BCUT2D eigenvalue weighted by molar-refractivity contribution is -0.136. The quantitative estimate of drug-likeness (QED) is 0.436. The van der Waals surface area contributed by atoms with Gasteiger partial charge in [-0.1, -0.05) is 45.8 Å². The molecule has 0 fully saturated rings. The van der Waals surface area contributed by atoms with Gasteiger partial charge in [0.2, 0.25) is 0 Å². The van der Waals surface area contributed by atoms with Crippen molar-refractivity contribution in [1.82, 2.24) is 0 Å². The van der Waals surface area contributed by atoms with Crippen LogP contribution in [-0.2, 0) is 16.9 Å². The van der Waals surface area contributed by atoms with E-state index < -0.39 is 11.5 Å². The topological polar surface area (TPSA) is 76.1 Å². The van der Waals surface area contributed by atoms with E-state index in [0.717, 1.165) is 16.7 Å². The van der Waals surface area contributed by atoms with Crippen LogP contribution in [-0.4, -0.2) is 31.0 Å². The number of hydrogen-bond acceptors (Lipinski definition) is 5. The molecule has 3 aromatic carbocycles. The third-order valence-corrected chi connectivity index (χ3v) is 6.67. The average Bonchev–Trinajstić information content (AvgIpc) is 3.00. The number of anilines is 1. The van der Waals surface area contributed by atoms with Crippen molar-refractivity contribution < 1.29 is 24.2 Å². The number of benzene rings is 3. The first-order chi connectivity index (χ1) is 16.2. The van der Waals surface area contributed by atoms with Gasteiger partial charge in [-0.3, -0.25) is 9.59 Å². The Bertz CT molecular complexity index is 1290. The van der Waals surface area contributed by atoms with E-state index >= 15 is 0 Å². The Morgan fingerprint density at radius 3 is 2.41 bits per heavy atom. The van der Waals surface area contributed by atoms with Gasteiger partial charge in [0.1, 0.15) is 0 Å². The van der Waals surface area contributed by atoms with Crippen molar-refractivity contribution in [2.75, 3.05) is 19.1 Å². The number of halogens is 1. The molecule has 6 nitrogen and oxygen atoms in total. The van der Waals surface area contributed by atoms with E-state index in [1.54, 1.807) is 44.6 Å². The molecule has 0 spiro atoms. The molecule has 1 amide bonds. The van der Waals surface area contributed by atoms with Crippen LogP contribution in [0.5, 0.6) is 11.5 Å². The number of methoxy groups -OCH3 is 2. The van der Waals surface area contributed by atoms with Gasteiger partial charge in [-0.05, 0) is 55.3 Å². The van der Waals surface area contributed by atoms with Crippen LogP contribution in [0.15, 0.2) is 59.1 Å². The third kappa shape index (κ3) is 4.21. The first-order valence-corrected chi connectivity index (χ1v) is 11.6. The summed E-state index contributed by atoms with van der Waals surface area (Å²) in [6.07, 6.45) is -0.346. The number of aryl methyl sites for hydroxylation is 2. The van der Waals surface area contributed by atoms with Crippen molar-refractivity contribution in [1.29, 1.82) is 0 Å². The summed E-state index contributed by atoms with van der Waals surface area (Å²) in [7, 11) is 3.11. The molecule has 1 N–H and O–H groups in total. The first kappa shape index (κ1) is 24.0. The highest BCUT2D eigenvalue weighted by molar-refractivity contribution is 9.10. The van der Waals surface area contributed by atoms with E-state index in [-0.39, 0.29) is 18.7 Å². The fourth-order valence-electron chi connectivity index (χ4n) is 4.47. The molecule has 0 aromatic heterocycles. The van der Waals surface area contributed by atoms with Crippen molar-refractivity contribution >= 4 is 33.3 Å². The summed E-state index contributed by atoms with van der Waals surface area (Å²) >= 11 is 3.43. The smallest absolute Gasteiger partial charge is 0.264 e. The number of aliphatic hydroxyl groups is 1. The molecule has 4 rings (SSSR count). The molecule has 176 valence electrons. The molecule has 1 unspecified atom stereocenters. The number of carbonyl (C=O) groups excluding carboxylic acids is 2. The highest BCUT2D eigenvalue weighted by Gasteiger charge is 2.51. The van der Waals surface area contributed by atoms with Gasteiger partial charge < -0.3 is 19.5 Å². The van der Waals surface area contributed by atoms with E-state index in [1.165, 1.54) is 4.90 Å². The highest BCUT2D eigenvalue weighted by Crippen LogP contribution is 2.45. The normalized spacial score (nSPS) is 17.0. The molecule has 0 aliphatic carbocycles. The van der Waals surface area contributed by atoms with Gasteiger partial charge in [0.25, 0.3) is 5.91 Å². The molecule has 7 heteroatoms. The Balaban J connectivity index is 1.71. The first-order valence-electron chi connectivity index (χ1n) is 10.8. The standard InChI is InChI=1S/C27H26BrNO5/c1-16-5-8-20(17(2)11-16)23(30)14-27(32)21-13-19(28)7-9-22(21)29(26(27)31)15-18-6-10-24(33-3)25(12-18)34-4/h5-13,32H,14-15H2,1-4H3. The molecular weight excluding hydrogens is 498 g/mol. The predicted molar refractivity (Wildman–Crippen MR) is 134 cm³/mol. The number of ether oxygens (including phenoxy) is 2. The molecule has 3 aromatic rings. The second-order valence-electron chi connectivity index (χ2n) is 8.52. The van der Waals surface area contributed by atoms with Gasteiger partial charge in [0.15, 0.2) is 22.9 Å². The Kier molecular flexibility index (Phi) is 6.51. The molecule has 0 radical (unpaired) electrons. The van der Waals surface area contributed by atoms with Gasteiger partial charge in [0, 0.05) is 15.6 Å². The fraction of sp³-hybridized carbons (Fsp3) is 0.259. The molecule has 0 saturated carbocycles. The zero-order valence-electron chi connectivity index (χ0n) is 19.5. The van der Waals surface area contributed by atoms with Crippen LogP contribution in [0, 0.1) is 13.8 Å². The Labute approximate surface area is 207 Å². The van der Waals surface area contributed by atoms with Crippen LogP contribution >= 0.6 is 15.9 Å². The van der Waals surface area contributed by atoms with Crippen LogP contribution in [0.2, 0.25) is 0 Å². The minimum Gasteiger partial charge on any atom is -0.493 e. The minimum absolute atomic E-state index is 0.202. The maximum absolute atomic E-state index is 13.6. The predicted octanol–water partition coefficient (Wildman–Crippen LogP) is 5.09. The highest BCUT2D eigenvalue weighted by atomic mass is 79.9. The van der Waals surface area contributed by atoms with Crippen LogP contribution in [0.4, 0.5) is 5.69 Å². The number of carbonyl (C=O) groups is 2. The summed E-state index contributed by atoms with van der Waals surface area (Å²) in [5.41, 5.74) is 2.16. The zero-order valence-corrected chi connectivity index (χ0v) is 21.1. The van der Waals surface area contributed by atoms with Crippen molar-refractivity contribution in [3.8, 4) is 11.5 Å². The molecule has 0 saturated heterocycles. The van der Waals surface area contributed by atoms with E-state index in [4.69, 9.17) is 9.47 Å². The van der Waals surface area contributed by atoms with Crippen LogP contribution in [0.3, 0.4) is 0 Å². The summed E-state index contributed by atoms with van der Waals surface area (Å²) < 4.78 is 11.4. The number of nitrogens with zero attached hydrogens (tertiary/aromatic N) is 1. The molecule has 1 heterocycles. The summed E-state index contributed by atoms with van der Waals surface area (Å²) in [4.78, 5) is 28.4.